The van der Waals surface area contributed by atoms with Crippen molar-refractivity contribution < 1.29 is 28.5 Å². The number of ether oxygens (including phenoxy) is 3. The Labute approximate surface area is 161 Å². The number of hydrogen-bond acceptors (Lipinski definition) is 6. The third-order valence-corrected chi connectivity index (χ3v) is 4.78. The van der Waals surface area contributed by atoms with Gasteiger partial charge in [0.05, 0.1) is 31.6 Å². The molecule has 1 N–H and O–H groups in total. The Hall–Kier alpha value is -2.49. The molecule has 1 aromatic carbocycles. The molecule has 0 saturated carbocycles. The van der Waals surface area contributed by atoms with Crippen LogP contribution in [0.4, 0.5) is 14.9 Å². The number of hydrogen-bond donors (Lipinski definition) is 1. The monoisotopic (exact) mass is 391 g/mol. The predicted molar refractivity (Wildman–Crippen MR) is 96.6 cm³/mol. The molecule has 2 fully saturated rings. The van der Waals surface area contributed by atoms with Crippen LogP contribution in [-0.2, 0) is 20.8 Å². The van der Waals surface area contributed by atoms with Crippen LogP contribution in [-0.4, -0.2) is 53.1 Å². The van der Waals surface area contributed by atoms with Crippen LogP contribution in [0.5, 0.6) is 0 Å². The molecule has 1 unspecified atom stereocenters. The number of nitrogens with zero attached hydrogens (tertiary/aromatic N) is 3. The van der Waals surface area contributed by atoms with Crippen molar-refractivity contribution in [2.45, 2.75) is 38.3 Å². The van der Waals surface area contributed by atoms with Crippen LogP contribution in [0.25, 0.3) is 5.69 Å². The first-order valence-electron chi connectivity index (χ1n) is 9.30. The van der Waals surface area contributed by atoms with Crippen molar-refractivity contribution in [3.63, 3.8) is 0 Å². The van der Waals surface area contributed by atoms with Crippen LogP contribution in [0.2, 0.25) is 0 Å². The van der Waals surface area contributed by atoms with Gasteiger partial charge in [0.1, 0.15) is 11.8 Å². The second-order valence-electron chi connectivity index (χ2n) is 6.83. The molecule has 3 heterocycles. The molecule has 150 valence electrons. The normalized spacial score (nSPS) is 22.5. The number of rotatable bonds is 6. The first-order valence-corrected chi connectivity index (χ1v) is 9.30. The number of benzene rings is 1. The third-order valence-electron chi connectivity index (χ3n) is 4.78. The van der Waals surface area contributed by atoms with Gasteiger partial charge in [-0.25, -0.2) is 13.9 Å². The molecule has 8 nitrogen and oxygen atoms in total. The summed E-state index contributed by atoms with van der Waals surface area (Å²) in [6.45, 7) is 0.963. The van der Waals surface area contributed by atoms with Crippen molar-refractivity contribution in [3.05, 3.63) is 42.0 Å². The number of carbonyl (C=O) groups is 1. The van der Waals surface area contributed by atoms with Gasteiger partial charge in [-0.05, 0) is 37.5 Å². The Morgan fingerprint density at radius 1 is 1.36 bits per heavy atom. The highest BCUT2D eigenvalue weighted by molar-refractivity contribution is 5.89. The van der Waals surface area contributed by atoms with Gasteiger partial charge in [-0.3, -0.25) is 4.90 Å². The Bertz CT molecular complexity index is 837. The molecular weight excluding hydrogens is 369 g/mol. The van der Waals surface area contributed by atoms with Crippen molar-refractivity contribution in [1.29, 1.82) is 0 Å². The topological polar surface area (TPSA) is 86.1 Å². The van der Waals surface area contributed by atoms with E-state index in [1.165, 1.54) is 15.6 Å². The first-order chi connectivity index (χ1) is 13.6. The molecule has 1 amide bonds. The number of amides is 1. The average Bonchev–Trinajstić information content (AvgIpc) is 3.33. The summed E-state index contributed by atoms with van der Waals surface area (Å²) >= 11 is 0. The van der Waals surface area contributed by atoms with Gasteiger partial charge in [0.15, 0.2) is 12.1 Å². The molecule has 4 rings (SSSR count). The zero-order chi connectivity index (χ0) is 19.5. The lowest BCUT2D eigenvalue weighted by atomic mass is 10.2. The summed E-state index contributed by atoms with van der Waals surface area (Å²) in [5.74, 6) is -0.524. The van der Waals surface area contributed by atoms with E-state index in [-0.39, 0.29) is 25.1 Å². The average molecular weight is 391 g/mol. The minimum Gasteiger partial charge on any atom is -0.441 e. The highest BCUT2D eigenvalue weighted by Gasteiger charge is 2.32. The number of aromatic nitrogens is 2. The van der Waals surface area contributed by atoms with E-state index < -0.39 is 18.0 Å². The molecule has 2 aliphatic heterocycles. The van der Waals surface area contributed by atoms with E-state index in [2.05, 4.69) is 5.10 Å². The van der Waals surface area contributed by atoms with Gasteiger partial charge < -0.3 is 19.3 Å². The number of aliphatic hydroxyl groups is 1. The van der Waals surface area contributed by atoms with E-state index in [0.29, 0.717) is 18.9 Å². The van der Waals surface area contributed by atoms with Gasteiger partial charge in [-0.15, -0.1) is 0 Å². The predicted octanol–water partition coefficient (Wildman–Crippen LogP) is 2.37. The molecule has 0 bridgehead atoms. The molecule has 2 saturated heterocycles. The third kappa shape index (κ3) is 4.01. The fraction of sp³-hybridized carbons (Fsp3) is 0.474. The van der Waals surface area contributed by atoms with Crippen molar-refractivity contribution in [2.75, 3.05) is 24.7 Å². The fourth-order valence-corrected chi connectivity index (χ4v) is 3.28. The molecule has 0 radical (unpaired) electrons. The van der Waals surface area contributed by atoms with E-state index >= 15 is 0 Å². The van der Waals surface area contributed by atoms with Crippen molar-refractivity contribution in [1.82, 2.24) is 9.78 Å². The van der Waals surface area contributed by atoms with Crippen LogP contribution >= 0.6 is 0 Å². The largest absolute Gasteiger partial charge is 0.441 e. The van der Waals surface area contributed by atoms with Gasteiger partial charge in [0, 0.05) is 18.4 Å². The number of anilines is 1. The van der Waals surface area contributed by atoms with Crippen molar-refractivity contribution >= 4 is 11.8 Å². The minimum atomic E-state index is -0.602. The van der Waals surface area contributed by atoms with Gasteiger partial charge in [-0.1, -0.05) is 0 Å². The van der Waals surface area contributed by atoms with Crippen LogP contribution in [0.1, 0.15) is 24.8 Å². The van der Waals surface area contributed by atoms with Gasteiger partial charge >= 0.3 is 6.09 Å². The summed E-state index contributed by atoms with van der Waals surface area (Å²) in [6.07, 6.45) is 4.95. The van der Waals surface area contributed by atoms with E-state index in [0.717, 1.165) is 24.8 Å². The Balaban J connectivity index is 1.43. The number of cyclic esters (lactones) is 1. The summed E-state index contributed by atoms with van der Waals surface area (Å²) in [5.41, 5.74) is 1.44. The maximum absolute atomic E-state index is 14.6. The molecule has 2 aromatic rings. The lowest BCUT2D eigenvalue weighted by Gasteiger charge is -2.22. The van der Waals surface area contributed by atoms with E-state index in [4.69, 9.17) is 19.3 Å². The van der Waals surface area contributed by atoms with E-state index in [9.17, 15) is 9.18 Å². The number of carbonyl (C=O) groups excluding carboxylic acids is 1. The van der Waals surface area contributed by atoms with Gasteiger partial charge in [0.2, 0.25) is 0 Å². The molecule has 1 aromatic heterocycles. The van der Waals surface area contributed by atoms with Crippen molar-refractivity contribution in [2.24, 2.45) is 0 Å². The van der Waals surface area contributed by atoms with Crippen molar-refractivity contribution in [3.8, 4) is 5.69 Å². The Morgan fingerprint density at radius 3 is 2.96 bits per heavy atom. The summed E-state index contributed by atoms with van der Waals surface area (Å²) in [5, 5.41) is 13.3. The van der Waals surface area contributed by atoms with E-state index in [1.807, 2.05) is 0 Å². The molecule has 2 atom stereocenters. The molecule has 0 aliphatic carbocycles. The lowest BCUT2D eigenvalue weighted by molar-refractivity contribution is -0.168. The quantitative estimate of drug-likeness (QED) is 0.814. The number of halogens is 1. The summed E-state index contributed by atoms with van der Waals surface area (Å²) in [7, 11) is 0. The zero-order valence-corrected chi connectivity index (χ0v) is 15.3. The van der Waals surface area contributed by atoms with Crippen LogP contribution in [0, 0.1) is 5.82 Å². The minimum absolute atomic E-state index is 0.181. The molecule has 2 aliphatic rings. The second-order valence-corrected chi connectivity index (χ2v) is 6.83. The summed E-state index contributed by atoms with van der Waals surface area (Å²) in [6, 6.07) is 4.42. The summed E-state index contributed by atoms with van der Waals surface area (Å²) < 4.78 is 32.3. The first kappa shape index (κ1) is 18.9. The second kappa shape index (κ2) is 8.26. The van der Waals surface area contributed by atoms with Gasteiger partial charge in [-0.2, -0.15) is 5.10 Å². The maximum atomic E-state index is 14.6. The van der Waals surface area contributed by atoms with E-state index in [1.54, 1.807) is 24.5 Å². The Kier molecular flexibility index (Phi) is 5.56. The van der Waals surface area contributed by atoms with Crippen LogP contribution < -0.4 is 4.90 Å². The SMILES string of the molecule is O=C1O[C@@H](CO)CN1c1ccc(-n2cc(COC3CCCCO3)cn2)c(F)c1. The molecule has 28 heavy (non-hydrogen) atoms. The molecular formula is C19H22FN3O5. The standard InChI is InChI=1S/C19H22FN3O5/c20-16-7-14(22-10-15(11-24)28-19(22)25)4-5-17(16)23-9-13(8-21-23)12-27-18-3-1-2-6-26-18/h4-5,7-9,15,18,24H,1-3,6,10-12H2/t15-,18?/m1/s1. The van der Waals surface area contributed by atoms with Crippen LogP contribution in [0.3, 0.4) is 0 Å². The number of aliphatic hydroxyl groups excluding tert-OH is 1. The molecule has 0 spiro atoms. The Morgan fingerprint density at radius 2 is 2.25 bits per heavy atom. The van der Waals surface area contributed by atoms with Crippen LogP contribution in [0.15, 0.2) is 30.6 Å². The summed E-state index contributed by atoms with van der Waals surface area (Å²) in [4.78, 5) is 13.1. The lowest BCUT2D eigenvalue weighted by Crippen LogP contribution is -2.25. The fourth-order valence-electron chi connectivity index (χ4n) is 3.28. The maximum Gasteiger partial charge on any atom is 0.414 e. The highest BCUT2D eigenvalue weighted by atomic mass is 19.1. The highest BCUT2D eigenvalue weighted by Crippen LogP contribution is 2.25. The van der Waals surface area contributed by atoms with Gasteiger partial charge in [0.25, 0.3) is 0 Å². The molecule has 9 heteroatoms. The smallest absolute Gasteiger partial charge is 0.414 e. The zero-order valence-electron chi connectivity index (χ0n) is 15.3.